The number of quaternary nitrogens is 1. The minimum Gasteiger partial charge on any atom is -0.311 e. The van der Waals surface area contributed by atoms with Crippen molar-refractivity contribution in [2.45, 2.75) is 39.2 Å². The molecule has 1 N–H and O–H groups in total. The van der Waals surface area contributed by atoms with Gasteiger partial charge in [0.1, 0.15) is 6.04 Å². The Kier molecular flexibility index (Phi) is 4.21. The zero-order chi connectivity index (χ0) is 17.6. The number of benzene rings is 1. The van der Waals surface area contributed by atoms with E-state index in [1.54, 1.807) is 4.90 Å². The zero-order valence-electron chi connectivity index (χ0n) is 14.7. The van der Waals surface area contributed by atoms with Crippen molar-refractivity contribution >= 4 is 28.7 Å². The molecule has 1 aromatic heterocycles. The molecule has 1 amide bonds. The molecule has 2 aliphatic rings. The molecule has 0 bridgehead atoms. The van der Waals surface area contributed by atoms with E-state index in [1.165, 1.54) is 15.3 Å². The smallest absolute Gasteiger partial charge is 0.303 e. The van der Waals surface area contributed by atoms with E-state index in [0.717, 1.165) is 37.1 Å². The summed E-state index contributed by atoms with van der Waals surface area (Å²) >= 11 is 1.83. The minimum absolute atomic E-state index is 0.356. The van der Waals surface area contributed by atoms with Crippen molar-refractivity contribution in [2.24, 2.45) is 0 Å². The Balaban J connectivity index is 1.64. The second kappa shape index (κ2) is 6.39. The molecule has 0 saturated heterocycles. The monoisotopic (exact) mass is 355 g/mol. The Morgan fingerprint density at radius 2 is 2.08 bits per heavy atom. The summed E-state index contributed by atoms with van der Waals surface area (Å²) in [7, 11) is 0. The number of anilines is 1. The fourth-order valence-corrected chi connectivity index (χ4v) is 5.10. The lowest BCUT2D eigenvalue weighted by atomic mass is 9.98. The maximum Gasteiger partial charge on any atom is 0.303 e. The van der Waals surface area contributed by atoms with Gasteiger partial charge in [0.15, 0.2) is 6.67 Å². The molecule has 5 heteroatoms. The molecule has 4 nitrogen and oxygen atoms in total. The fraction of sp³-hybridized carbons (Fsp3) is 0.400. The molecule has 2 aromatic rings. The normalized spacial score (nSPS) is 22.2. The molecule has 3 heterocycles. The molecule has 0 radical (unpaired) electrons. The Hall–Kier alpha value is -1.98. The number of carbonyl (C=O) groups excluding carboxylic acids is 2. The largest absolute Gasteiger partial charge is 0.311 e. The van der Waals surface area contributed by atoms with Crippen LogP contribution in [-0.4, -0.2) is 24.9 Å². The van der Waals surface area contributed by atoms with Crippen molar-refractivity contribution in [1.29, 1.82) is 0 Å². The highest BCUT2D eigenvalue weighted by atomic mass is 32.1. The molecule has 4 rings (SSSR count). The number of rotatable bonds is 4. The van der Waals surface area contributed by atoms with Gasteiger partial charge in [-0.05, 0) is 35.6 Å². The number of nitrogens with zero attached hydrogens (tertiary/aromatic N) is 1. The van der Waals surface area contributed by atoms with Gasteiger partial charge in [-0.3, -0.25) is 14.5 Å². The quantitative estimate of drug-likeness (QED) is 0.856. The Labute approximate surface area is 152 Å². The average molecular weight is 355 g/mol. The highest BCUT2D eigenvalue weighted by molar-refractivity contribution is 7.10. The highest BCUT2D eigenvalue weighted by Gasteiger charge is 2.40. The van der Waals surface area contributed by atoms with E-state index >= 15 is 0 Å². The number of hydrogen-bond donors (Lipinski definition) is 1. The van der Waals surface area contributed by atoms with Crippen LogP contribution in [0.25, 0.3) is 0 Å². The summed E-state index contributed by atoms with van der Waals surface area (Å²) in [6, 6.07) is 8.48. The van der Waals surface area contributed by atoms with Gasteiger partial charge in [0.25, 0.3) is 5.78 Å². The van der Waals surface area contributed by atoms with Crippen LogP contribution in [0.5, 0.6) is 0 Å². The SMILES string of the molecule is CCc1ccc2c(c1)C(=O)C(=O)N2C[NH+]1CCc2sccc2[C@@H]1CC. The molecular formula is C20H23N2O2S+. The lowest BCUT2D eigenvalue weighted by molar-refractivity contribution is -0.932. The van der Waals surface area contributed by atoms with Gasteiger partial charge < -0.3 is 4.90 Å². The average Bonchev–Trinajstić information content (AvgIpc) is 3.20. The van der Waals surface area contributed by atoms with Crippen LogP contribution in [-0.2, 0) is 17.6 Å². The van der Waals surface area contributed by atoms with Gasteiger partial charge in [-0.1, -0.05) is 19.9 Å². The van der Waals surface area contributed by atoms with Crippen LogP contribution in [0, 0.1) is 0 Å². The molecular weight excluding hydrogens is 332 g/mol. The number of aryl methyl sites for hydroxylation is 1. The molecule has 1 aromatic carbocycles. The maximum atomic E-state index is 12.6. The predicted molar refractivity (Wildman–Crippen MR) is 99.4 cm³/mol. The first-order valence-corrected chi connectivity index (χ1v) is 9.92. The van der Waals surface area contributed by atoms with Crippen LogP contribution in [0.1, 0.15) is 52.7 Å². The van der Waals surface area contributed by atoms with E-state index in [4.69, 9.17) is 0 Å². The van der Waals surface area contributed by atoms with Crippen molar-refractivity contribution in [3.8, 4) is 0 Å². The zero-order valence-corrected chi connectivity index (χ0v) is 15.5. The summed E-state index contributed by atoms with van der Waals surface area (Å²) in [5.41, 5.74) is 3.88. The van der Waals surface area contributed by atoms with E-state index in [1.807, 2.05) is 29.5 Å². The van der Waals surface area contributed by atoms with Gasteiger partial charge in [-0.25, -0.2) is 0 Å². The third kappa shape index (κ3) is 2.62. The van der Waals surface area contributed by atoms with Crippen LogP contribution >= 0.6 is 11.3 Å². The van der Waals surface area contributed by atoms with E-state index in [0.29, 0.717) is 18.3 Å². The summed E-state index contributed by atoms with van der Waals surface area (Å²) in [6.45, 7) is 5.84. The predicted octanol–water partition coefficient (Wildman–Crippen LogP) is 2.39. The van der Waals surface area contributed by atoms with Crippen LogP contribution < -0.4 is 9.80 Å². The lowest BCUT2D eigenvalue weighted by Crippen LogP contribution is -3.15. The number of carbonyl (C=O) groups is 2. The molecule has 1 unspecified atom stereocenters. The van der Waals surface area contributed by atoms with E-state index in [2.05, 4.69) is 25.3 Å². The third-order valence-electron chi connectivity index (χ3n) is 5.53. The Bertz CT molecular complexity index is 842. The minimum atomic E-state index is -0.373. The summed E-state index contributed by atoms with van der Waals surface area (Å²) in [5.74, 6) is -0.729. The van der Waals surface area contributed by atoms with Gasteiger partial charge >= 0.3 is 5.91 Å². The molecule has 25 heavy (non-hydrogen) atoms. The third-order valence-corrected chi connectivity index (χ3v) is 6.53. The van der Waals surface area contributed by atoms with E-state index in [-0.39, 0.29) is 11.7 Å². The number of thiophene rings is 1. The lowest BCUT2D eigenvalue weighted by Gasteiger charge is -2.34. The molecule has 0 spiro atoms. The number of hydrogen-bond acceptors (Lipinski definition) is 3. The Morgan fingerprint density at radius 1 is 1.24 bits per heavy atom. The number of ketones is 1. The number of nitrogens with one attached hydrogen (secondary N) is 1. The van der Waals surface area contributed by atoms with Crippen molar-refractivity contribution in [1.82, 2.24) is 0 Å². The van der Waals surface area contributed by atoms with Crippen molar-refractivity contribution in [3.05, 3.63) is 51.2 Å². The fourth-order valence-electron chi connectivity index (χ4n) is 4.16. The summed E-state index contributed by atoms with van der Waals surface area (Å²) < 4.78 is 0. The van der Waals surface area contributed by atoms with Gasteiger partial charge in [-0.15, -0.1) is 11.3 Å². The first-order valence-electron chi connectivity index (χ1n) is 9.04. The number of Topliss-reactive ketones (excluding diaryl/α,β-unsaturated/α-hetero) is 1. The van der Waals surface area contributed by atoms with E-state index < -0.39 is 0 Å². The molecule has 0 saturated carbocycles. The first kappa shape index (κ1) is 16.5. The number of fused-ring (bicyclic) bond motifs is 2. The van der Waals surface area contributed by atoms with Gasteiger partial charge in [0.05, 0.1) is 17.8 Å². The van der Waals surface area contributed by atoms with Crippen LogP contribution in [0.2, 0.25) is 0 Å². The molecule has 0 fully saturated rings. The first-order chi connectivity index (χ1) is 12.1. The molecule has 130 valence electrons. The highest BCUT2D eigenvalue weighted by Crippen LogP contribution is 2.30. The van der Waals surface area contributed by atoms with Crippen LogP contribution in [0.3, 0.4) is 0 Å². The molecule has 0 aliphatic carbocycles. The second-order valence-electron chi connectivity index (χ2n) is 6.84. The summed E-state index contributed by atoms with van der Waals surface area (Å²) in [4.78, 5) is 29.6. The van der Waals surface area contributed by atoms with E-state index in [9.17, 15) is 9.59 Å². The van der Waals surface area contributed by atoms with Gasteiger partial charge in [0.2, 0.25) is 0 Å². The Morgan fingerprint density at radius 3 is 2.84 bits per heavy atom. The van der Waals surface area contributed by atoms with Crippen molar-refractivity contribution < 1.29 is 14.5 Å². The second-order valence-corrected chi connectivity index (χ2v) is 7.84. The molecule has 2 atom stereocenters. The molecule has 2 aliphatic heterocycles. The summed E-state index contributed by atoms with van der Waals surface area (Å²) in [6.07, 6.45) is 2.96. The van der Waals surface area contributed by atoms with Crippen LogP contribution in [0.4, 0.5) is 5.69 Å². The van der Waals surface area contributed by atoms with Crippen molar-refractivity contribution in [3.63, 3.8) is 0 Å². The van der Waals surface area contributed by atoms with Gasteiger partial charge in [-0.2, -0.15) is 0 Å². The standard InChI is InChI=1S/C20H22N2O2S/c1-3-13-5-6-17-15(11-13)19(23)20(24)22(17)12-21-9-7-18-14(8-10-25-18)16(21)4-2/h5-6,8,10-11,16H,3-4,7,9,12H2,1-2H3/p+1/t16-/m0/s1. The topological polar surface area (TPSA) is 41.8 Å². The van der Waals surface area contributed by atoms with Crippen molar-refractivity contribution in [2.75, 3.05) is 18.1 Å². The number of amides is 1. The summed E-state index contributed by atoms with van der Waals surface area (Å²) in [5, 5.41) is 2.17. The maximum absolute atomic E-state index is 12.6. The van der Waals surface area contributed by atoms with Gasteiger partial charge in [0, 0.05) is 23.3 Å². The van der Waals surface area contributed by atoms with Crippen LogP contribution in [0.15, 0.2) is 29.6 Å².